The van der Waals surface area contributed by atoms with Crippen molar-refractivity contribution in [2.45, 2.75) is 19.8 Å². The van der Waals surface area contributed by atoms with Crippen molar-refractivity contribution >= 4 is 34.8 Å². The number of carbonyl (C=O) groups excluding carboxylic acids is 3. The zero-order valence-electron chi connectivity index (χ0n) is 15.7. The molecule has 12 heteroatoms. The maximum Gasteiger partial charge on any atom is 0.277 e. The van der Waals surface area contributed by atoms with Gasteiger partial charge in [0.15, 0.2) is 0 Å². The van der Waals surface area contributed by atoms with Crippen LogP contribution in [0.15, 0.2) is 42.5 Å². The summed E-state index contributed by atoms with van der Waals surface area (Å²) < 4.78 is 0. The number of nitro benzene ring substituents is 2. The first-order chi connectivity index (χ1) is 14.2. The molecule has 2 aromatic rings. The third kappa shape index (κ3) is 5.82. The molecule has 3 amide bonds. The smallest absolute Gasteiger partial charge is 0.277 e. The summed E-state index contributed by atoms with van der Waals surface area (Å²) >= 11 is 0. The lowest BCUT2D eigenvalue weighted by molar-refractivity contribution is -0.394. The fourth-order valence-corrected chi connectivity index (χ4v) is 2.35. The van der Waals surface area contributed by atoms with Gasteiger partial charge in [-0.25, -0.2) is 0 Å². The van der Waals surface area contributed by atoms with E-state index >= 15 is 0 Å². The second kappa shape index (κ2) is 9.73. The third-order valence-corrected chi connectivity index (χ3v) is 3.78. The van der Waals surface area contributed by atoms with Crippen molar-refractivity contribution < 1.29 is 24.2 Å². The van der Waals surface area contributed by atoms with Crippen LogP contribution in [0.1, 0.15) is 40.5 Å². The number of nitrogens with one attached hydrogen (secondary N) is 3. The van der Waals surface area contributed by atoms with E-state index in [1.165, 1.54) is 24.3 Å². The lowest BCUT2D eigenvalue weighted by Crippen LogP contribution is -2.41. The molecule has 0 aliphatic carbocycles. The summed E-state index contributed by atoms with van der Waals surface area (Å²) in [6, 6.07) is 8.27. The van der Waals surface area contributed by atoms with Crippen molar-refractivity contribution in [3.8, 4) is 0 Å². The van der Waals surface area contributed by atoms with Crippen LogP contribution in [0.3, 0.4) is 0 Å². The largest absolute Gasteiger partial charge is 0.326 e. The number of nitrogens with zero attached hydrogens (tertiary/aromatic N) is 2. The number of nitro groups is 2. The van der Waals surface area contributed by atoms with Crippen LogP contribution in [0.4, 0.5) is 17.1 Å². The second-order valence-corrected chi connectivity index (χ2v) is 6.04. The first-order valence-corrected chi connectivity index (χ1v) is 8.65. The van der Waals surface area contributed by atoms with Gasteiger partial charge in [-0.15, -0.1) is 0 Å². The third-order valence-electron chi connectivity index (χ3n) is 3.78. The van der Waals surface area contributed by atoms with Gasteiger partial charge in [-0.2, -0.15) is 0 Å². The lowest BCUT2D eigenvalue weighted by Gasteiger charge is -2.09. The predicted octanol–water partition coefficient (Wildman–Crippen LogP) is 2.32. The number of amides is 3. The van der Waals surface area contributed by atoms with Gasteiger partial charge in [0.05, 0.1) is 21.5 Å². The lowest BCUT2D eigenvalue weighted by atomic mass is 10.1. The molecule has 156 valence electrons. The van der Waals surface area contributed by atoms with Crippen LogP contribution in [0, 0.1) is 20.2 Å². The van der Waals surface area contributed by atoms with Gasteiger partial charge < -0.3 is 5.32 Å². The molecule has 0 saturated carbocycles. The van der Waals surface area contributed by atoms with Crippen molar-refractivity contribution in [3.63, 3.8) is 0 Å². The Hall–Kier alpha value is -4.35. The van der Waals surface area contributed by atoms with E-state index in [9.17, 15) is 34.6 Å². The molecule has 30 heavy (non-hydrogen) atoms. The molecule has 0 bridgehead atoms. The summed E-state index contributed by atoms with van der Waals surface area (Å²) in [6.45, 7) is 1.87. The van der Waals surface area contributed by atoms with Crippen molar-refractivity contribution in [2.24, 2.45) is 0 Å². The first-order valence-electron chi connectivity index (χ1n) is 8.65. The summed E-state index contributed by atoms with van der Waals surface area (Å²) in [6.07, 6.45) is 1.06. The molecule has 0 radical (unpaired) electrons. The molecule has 0 aromatic heterocycles. The van der Waals surface area contributed by atoms with Gasteiger partial charge in [-0.1, -0.05) is 6.92 Å². The van der Waals surface area contributed by atoms with E-state index in [0.29, 0.717) is 18.5 Å². The minimum atomic E-state index is -0.974. The van der Waals surface area contributed by atoms with Crippen LogP contribution >= 0.6 is 0 Å². The van der Waals surface area contributed by atoms with Crippen LogP contribution in [-0.2, 0) is 4.79 Å². The van der Waals surface area contributed by atoms with E-state index in [-0.39, 0.29) is 17.0 Å². The van der Waals surface area contributed by atoms with E-state index in [0.717, 1.165) is 18.2 Å². The SMILES string of the molecule is CCCC(=O)Nc1ccc(C(=O)NNC(=O)c2cc([N+](=O)[O-])cc([N+](=O)[O-])c2)cc1. The normalized spacial score (nSPS) is 10.0. The fourth-order valence-electron chi connectivity index (χ4n) is 2.35. The zero-order valence-corrected chi connectivity index (χ0v) is 15.7. The van der Waals surface area contributed by atoms with Gasteiger partial charge in [-0.3, -0.25) is 45.5 Å². The Bertz CT molecular complexity index is 972. The van der Waals surface area contributed by atoms with E-state index in [1.54, 1.807) is 0 Å². The standard InChI is InChI=1S/C18H17N5O7/c1-2-3-16(24)19-13-6-4-11(5-7-13)17(25)20-21-18(26)12-8-14(22(27)28)10-15(9-12)23(29)30/h4-10H,2-3H2,1H3,(H,19,24)(H,20,25)(H,21,26). The first kappa shape index (κ1) is 21.9. The van der Waals surface area contributed by atoms with E-state index < -0.39 is 33.0 Å². The Balaban J connectivity index is 2.04. The molecule has 0 aliphatic rings. The van der Waals surface area contributed by atoms with Gasteiger partial charge in [0, 0.05) is 29.8 Å². The Labute approximate surface area is 169 Å². The number of hydrogen-bond acceptors (Lipinski definition) is 7. The summed E-state index contributed by atoms with van der Waals surface area (Å²) in [7, 11) is 0. The maximum atomic E-state index is 12.1. The summed E-state index contributed by atoms with van der Waals surface area (Å²) in [5, 5.41) is 24.4. The molecule has 12 nitrogen and oxygen atoms in total. The molecule has 3 N–H and O–H groups in total. The van der Waals surface area contributed by atoms with Gasteiger partial charge >= 0.3 is 0 Å². The minimum absolute atomic E-state index is 0.159. The van der Waals surface area contributed by atoms with E-state index in [4.69, 9.17) is 0 Å². The highest BCUT2D eigenvalue weighted by molar-refractivity contribution is 6.00. The topological polar surface area (TPSA) is 174 Å². The summed E-state index contributed by atoms with van der Waals surface area (Å²) in [5.74, 6) is -1.83. The van der Waals surface area contributed by atoms with Gasteiger partial charge in [0.1, 0.15) is 0 Å². The number of anilines is 1. The molecular formula is C18H17N5O7. The molecule has 2 rings (SSSR count). The number of hydrazine groups is 1. The number of non-ortho nitro benzene ring substituents is 2. The quantitative estimate of drug-likeness (QED) is 0.459. The molecule has 0 aliphatic heterocycles. The van der Waals surface area contributed by atoms with E-state index in [1.807, 2.05) is 12.3 Å². The highest BCUT2D eigenvalue weighted by Crippen LogP contribution is 2.22. The number of benzene rings is 2. The Kier molecular flexibility index (Phi) is 7.11. The van der Waals surface area contributed by atoms with Crippen LogP contribution in [0.5, 0.6) is 0 Å². The monoisotopic (exact) mass is 415 g/mol. The molecule has 0 spiro atoms. The Morgan fingerprint density at radius 1 is 0.833 bits per heavy atom. The minimum Gasteiger partial charge on any atom is -0.326 e. The molecule has 0 saturated heterocycles. The van der Waals surface area contributed by atoms with Crippen molar-refractivity contribution in [1.82, 2.24) is 10.9 Å². The molecule has 2 aromatic carbocycles. The molecule has 0 heterocycles. The van der Waals surface area contributed by atoms with Crippen LogP contribution in [0.25, 0.3) is 0 Å². The van der Waals surface area contributed by atoms with Crippen LogP contribution < -0.4 is 16.2 Å². The zero-order chi connectivity index (χ0) is 22.3. The van der Waals surface area contributed by atoms with Gasteiger partial charge in [0.25, 0.3) is 23.2 Å². The highest BCUT2D eigenvalue weighted by atomic mass is 16.6. The molecule has 0 fully saturated rings. The Morgan fingerprint density at radius 2 is 1.33 bits per heavy atom. The van der Waals surface area contributed by atoms with Crippen LogP contribution in [-0.4, -0.2) is 27.6 Å². The fraction of sp³-hybridized carbons (Fsp3) is 0.167. The van der Waals surface area contributed by atoms with Crippen molar-refractivity contribution in [2.75, 3.05) is 5.32 Å². The molecule has 0 atom stereocenters. The summed E-state index contributed by atoms with van der Waals surface area (Å²) in [5.41, 5.74) is 3.16. The number of hydrogen-bond donors (Lipinski definition) is 3. The van der Waals surface area contributed by atoms with Gasteiger partial charge in [0.2, 0.25) is 5.91 Å². The average molecular weight is 415 g/mol. The molecule has 0 unspecified atom stereocenters. The van der Waals surface area contributed by atoms with Crippen molar-refractivity contribution in [3.05, 3.63) is 73.8 Å². The highest BCUT2D eigenvalue weighted by Gasteiger charge is 2.20. The average Bonchev–Trinajstić information content (AvgIpc) is 2.72. The maximum absolute atomic E-state index is 12.1. The molecular weight excluding hydrogens is 398 g/mol. The Morgan fingerprint density at radius 3 is 1.80 bits per heavy atom. The number of rotatable bonds is 7. The predicted molar refractivity (Wildman–Crippen MR) is 105 cm³/mol. The van der Waals surface area contributed by atoms with Crippen LogP contribution in [0.2, 0.25) is 0 Å². The van der Waals surface area contributed by atoms with Gasteiger partial charge in [-0.05, 0) is 30.7 Å². The number of carbonyl (C=O) groups is 3. The summed E-state index contributed by atoms with van der Waals surface area (Å²) in [4.78, 5) is 55.9. The van der Waals surface area contributed by atoms with E-state index in [2.05, 4.69) is 10.7 Å². The second-order valence-electron chi connectivity index (χ2n) is 6.04. The van der Waals surface area contributed by atoms with Crippen molar-refractivity contribution in [1.29, 1.82) is 0 Å².